The van der Waals surface area contributed by atoms with Crippen LogP contribution in [-0.2, 0) is 4.79 Å². The number of thiophene rings is 1. The average molecular weight is 489 g/mol. The molecule has 164 valence electrons. The van der Waals surface area contributed by atoms with Crippen LogP contribution in [0.3, 0.4) is 0 Å². The highest BCUT2D eigenvalue weighted by molar-refractivity contribution is 7.15. The lowest BCUT2D eigenvalue weighted by Gasteiger charge is -2.43. The molecule has 0 amide bonds. The van der Waals surface area contributed by atoms with Crippen molar-refractivity contribution < 1.29 is 9.72 Å². The zero-order valence-electron chi connectivity index (χ0n) is 17.2. The molecule has 0 fully saturated rings. The van der Waals surface area contributed by atoms with Gasteiger partial charge in [0.2, 0.25) is 0 Å². The fourth-order valence-electron chi connectivity index (χ4n) is 4.35. The molecule has 32 heavy (non-hydrogen) atoms. The van der Waals surface area contributed by atoms with E-state index in [-0.39, 0.29) is 27.6 Å². The van der Waals surface area contributed by atoms with Gasteiger partial charge in [0.1, 0.15) is 5.82 Å². The molecule has 1 aromatic heterocycles. The minimum Gasteiger partial charge on any atom is -0.384 e. The summed E-state index contributed by atoms with van der Waals surface area (Å²) in [6, 6.07) is 10.0. The second-order valence-corrected chi connectivity index (χ2v) is 10.5. The number of ketones is 1. The number of carbonyl (C=O) groups excluding carboxylic acids is 1. The molecule has 0 saturated heterocycles. The number of hydrogen-bond donors (Lipinski definition) is 1. The number of rotatable bonds is 3. The molecule has 7 nitrogen and oxygen atoms in total. The molecule has 4 rings (SSSR count). The number of nitriles is 1. The molecule has 1 aliphatic heterocycles. The molecule has 1 aromatic carbocycles. The molecule has 1 aliphatic carbocycles. The van der Waals surface area contributed by atoms with E-state index in [2.05, 4.69) is 6.07 Å². The highest BCUT2D eigenvalue weighted by Crippen LogP contribution is 2.51. The van der Waals surface area contributed by atoms with Gasteiger partial charge in [-0.2, -0.15) is 5.26 Å². The maximum Gasteiger partial charge on any atom is 0.324 e. The van der Waals surface area contributed by atoms with E-state index in [4.69, 9.17) is 28.9 Å². The van der Waals surface area contributed by atoms with Gasteiger partial charge in [-0.25, -0.2) is 0 Å². The van der Waals surface area contributed by atoms with Crippen molar-refractivity contribution >= 4 is 51.0 Å². The Kier molecular flexibility index (Phi) is 5.53. The highest BCUT2D eigenvalue weighted by Gasteiger charge is 2.45. The first-order valence-electron chi connectivity index (χ1n) is 9.69. The van der Waals surface area contributed by atoms with Gasteiger partial charge >= 0.3 is 5.00 Å². The number of halogens is 2. The minimum atomic E-state index is -0.761. The van der Waals surface area contributed by atoms with Crippen LogP contribution >= 0.6 is 34.5 Å². The summed E-state index contributed by atoms with van der Waals surface area (Å²) < 4.78 is 0. The second-order valence-electron chi connectivity index (χ2n) is 8.54. The van der Waals surface area contributed by atoms with E-state index in [1.165, 1.54) is 6.07 Å². The summed E-state index contributed by atoms with van der Waals surface area (Å²) in [7, 11) is 0. The van der Waals surface area contributed by atoms with Crippen molar-refractivity contribution in [2.45, 2.75) is 32.6 Å². The first-order valence-corrected chi connectivity index (χ1v) is 11.3. The van der Waals surface area contributed by atoms with Crippen molar-refractivity contribution in [1.29, 1.82) is 5.26 Å². The Balaban J connectivity index is 2.00. The number of nitrogens with zero attached hydrogens (tertiary/aromatic N) is 3. The largest absolute Gasteiger partial charge is 0.384 e. The van der Waals surface area contributed by atoms with Crippen LogP contribution in [0.15, 0.2) is 53.0 Å². The van der Waals surface area contributed by atoms with Crippen LogP contribution in [0.1, 0.15) is 37.5 Å². The summed E-state index contributed by atoms with van der Waals surface area (Å²) in [5.74, 6) is -0.727. The predicted octanol–water partition coefficient (Wildman–Crippen LogP) is 5.90. The van der Waals surface area contributed by atoms with Crippen molar-refractivity contribution in [2.24, 2.45) is 11.1 Å². The topological polar surface area (TPSA) is 113 Å². The highest BCUT2D eigenvalue weighted by atomic mass is 35.5. The molecule has 2 heterocycles. The van der Waals surface area contributed by atoms with E-state index in [1.54, 1.807) is 29.2 Å². The van der Waals surface area contributed by atoms with Gasteiger partial charge in [-0.3, -0.25) is 19.8 Å². The fourth-order valence-corrected chi connectivity index (χ4v) is 5.81. The Labute approximate surface area is 198 Å². The molecule has 0 spiro atoms. The number of carbonyl (C=O) groups is 1. The van der Waals surface area contributed by atoms with Gasteiger partial charge in [-0.1, -0.05) is 48.4 Å². The normalized spacial score (nSPS) is 20.3. The van der Waals surface area contributed by atoms with Crippen molar-refractivity contribution in [3.8, 4) is 6.07 Å². The Morgan fingerprint density at radius 3 is 2.47 bits per heavy atom. The lowest BCUT2D eigenvalue weighted by Crippen LogP contribution is -2.42. The molecule has 2 aromatic rings. The lowest BCUT2D eigenvalue weighted by atomic mass is 9.69. The molecule has 1 atom stereocenters. The van der Waals surface area contributed by atoms with Gasteiger partial charge in [-0.15, -0.1) is 0 Å². The van der Waals surface area contributed by atoms with Crippen LogP contribution in [-0.4, -0.2) is 10.7 Å². The van der Waals surface area contributed by atoms with Crippen molar-refractivity contribution in [3.05, 3.63) is 78.0 Å². The molecular formula is C22H18Cl2N4O3S. The summed E-state index contributed by atoms with van der Waals surface area (Å²) >= 11 is 13.4. The Morgan fingerprint density at radius 1 is 1.25 bits per heavy atom. The molecule has 0 saturated carbocycles. The first kappa shape index (κ1) is 22.3. The SMILES string of the molecule is CC1(C)CC(=O)C2=C(C1)N(c1cc(Cl)cc(Cl)c1)C(N)=C(C#N)[C@H]2c1ccc([N+](=O)[O-])s1. The van der Waals surface area contributed by atoms with E-state index >= 15 is 0 Å². The summed E-state index contributed by atoms with van der Waals surface area (Å²) in [5.41, 5.74) is 7.97. The standard InChI is InChI=1S/C22H18Cl2N4O3S/c1-22(2)8-15-20(16(29)9-22)19(17-3-4-18(32-17)28(30)31)14(10-25)21(26)27(15)13-6-11(23)5-12(24)7-13/h3-7,19H,8-9,26H2,1-2H3/t19-/m0/s1. The van der Waals surface area contributed by atoms with Gasteiger partial charge in [0, 0.05) is 38.7 Å². The molecule has 0 radical (unpaired) electrons. The van der Waals surface area contributed by atoms with E-state index < -0.39 is 10.8 Å². The summed E-state index contributed by atoms with van der Waals surface area (Å²) in [5, 5.41) is 22.0. The second kappa shape index (κ2) is 7.93. The zero-order chi connectivity index (χ0) is 23.4. The van der Waals surface area contributed by atoms with Crippen LogP contribution in [0.25, 0.3) is 0 Å². The van der Waals surface area contributed by atoms with E-state index in [0.29, 0.717) is 44.7 Å². The quantitative estimate of drug-likeness (QED) is 0.424. The number of nitrogens with two attached hydrogens (primary N) is 1. The summed E-state index contributed by atoms with van der Waals surface area (Å²) in [4.78, 5) is 26.4. The summed E-state index contributed by atoms with van der Waals surface area (Å²) in [6.07, 6.45) is 0.806. The number of nitro groups is 1. The number of allylic oxidation sites excluding steroid dienone is 3. The number of anilines is 1. The summed E-state index contributed by atoms with van der Waals surface area (Å²) in [6.45, 7) is 3.98. The van der Waals surface area contributed by atoms with Gasteiger partial charge in [0.05, 0.1) is 28.2 Å². The Morgan fingerprint density at radius 2 is 1.91 bits per heavy atom. The maximum atomic E-state index is 13.4. The first-order chi connectivity index (χ1) is 15.0. The number of benzene rings is 1. The monoisotopic (exact) mass is 488 g/mol. The van der Waals surface area contributed by atoms with E-state index in [0.717, 1.165) is 11.3 Å². The zero-order valence-corrected chi connectivity index (χ0v) is 19.5. The van der Waals surface area contributed by atoms with E-state index in [1.807, 2.05) is 13.8 Å². The third kappa shape index (κ3) is 3.77. The lowest BCUT2D eigenvalue weighted by molar-refractivity contribution is -0.380. The third-order valence-electron chi connectivity index (χ3n) is 5.56. The number of Topliss-reactive ketones (excluding diaryl/α,β-unsaturated/α-hetero) is 1. The Bertz CT molecular complexity index is 1250. The average Bonchev–Trinajstić information content (AvgIpc) is 3.15. The van der Waals surface area contributed by atoms with Gasteiger partial charge < -0.3 is 5.73 Å². The van der Waals surface area contributed by atoms with Gasteiger partial charge in [0.15, 0.2) is 5.78 Å². The number of hydrogen-bond acceptors (Lipinski definition) is 7. The molecular weight excluding hydrogens is 471 g/mol. The van der Waals surface area contributed by atoms with Crippen molar-refractivity contribution in [1.82, 2.24) is 0 Å². The molecule has 2 N–H and O–H groups in total. The Hall–Kier alpha value is -2.86. The third-order valence-corrected chi connectivity index (χ3v) is 7.10. The maximum absolute atomic E-state index is 13.4. The van der Waals surface area contributed by atoms with Crippen LogP contribution in [0, 0.1) is 26.9 Å². The van der Waals surface area contributed by atoms with Gasteiger partial charge in [-0.05, 0) is 36.1 Å². The van der Waals surface area contributed by atoms with E-state index in [9.17, 15) is 20.2 Å². The minimum absolute atomic E-state index is 0.0642. The van der Waals surface area contributed by atoms with Crippen molar-refractivity contribution in [3.63, 3.8) is 0 Å². The van der Waals surface area contributed by atoms with Crippen molar-refractivity contribution in [2.75, 3.05) is 4.90 Å². The molecule has 2 aliphatic rings. The van der Waals surface area contributed by atoms with Crippen LogP contribution in [0.4, 0.5) is 10.7 Å². The predicted molar refractivity (Wildman–Crippen MR) is 125 cm³/mol. The molecule has 0 unspecified atom stereocenters. The molecule has 0 bridgehead atoms. The molecule has 10 heteroatoms. The van der Waals surface area contributed by atoms with Crippen LogP contribution < -0.4 is 10.6 Å². The fraction of sp³-hybridized carbons (Fsp3) is 0.273. The van der Waals surface area contributed by atoms with Crippen LogP contribution in [0.5, 0.6) is 0 Å². The van der Waals surface area contributed by atoms with Gasteiger partial charge in [0.25, 0.3) is 0 Å². The van der Waals surface area contributed by atoms with Crippen LogP contribution in [0.2, 0.25) is 10.0 Å². The smallest absolute Gasteiger partial charge is 0.324 e.